The molecule has 9 heteroatoms. The molecule has 0 bridgehead atoms. The molecule has 3 aromatic heterocycles. The molecule has 1 aliphatic heterocycles. The van der Waals surface area contributed by atoms with Crippen LogP contribution in [0.4, 0.5) is 17.6 Å². The van der Waals surface area contributed by atoms with Crippen LogP contribution in [0.25, 0.3) is 38.6 Å². The van der Waals surface area contributed by atoms with Crippen molar-refractivity contribution in [3.63, 3.8) is 0 Å². The van der Waals surface area contributed by atoms with E-state index >= 15 is 0 Å². The highest BCUT2D eigenvalue weighted by molar-refractivity contribution is 6.05. The molecule has 0 radical (unpaired) electrons. The first-order valence-electron chi connectivity index (χ1n) is 12.2. The lowest BCUT2D eigenvalue weighted by Crippen LogP contribution is -2.17. The SMILES string of the molecule is Fc1ccc(-n2c(C3CCOCC3)c(-c3ccc(CCC(F)(F)F)nc3)c3cc4[nH]ncc4cc32)cc1. The molecule has 0 amide bonds. The van der Waals surface area contributed by atoms with E-state index < -0.39 is 12.6 Å². The van der Waals surface area contributed by atoms with Crippen LogP contribution in [-0.4, -0.2) is 39.1 Å². The van der Waals surface area contributed by atoms with Crippen molar-refractivity contribution in [2.45, 2.75) is 37.8 Å². The first-order chi connectivity index (χ1) is 17.9. The maximum atomic E-state index is 13.9. The zero-order valence-electron chi connectivity index (χ0n) is 19.9. The van der Waals surface area contributed by atoms with E-state index in [-0.39, 0.29) is 18.2 Å². The lowest BCUT2D eigenvalue weighted by Gasteiger charge is -2.25. The van der Waals surface area contributed by atoms with Gasteiger partial charge in [0.05, 0.1) is 17.2 Å². The number of aromatic amines is 1. The molecule has 2 aromatic carbocycles. The molecule has 6 rings (SSSR count). The third kappa shape index (κ3) is 4.59. The van der Waals surface area contributed by atoms with Crippen molar-refractivity contribution in [3.05, 3.63) is 78.1 Å². The van der Waals surface area contributed by atoms with Crippen molar-refractivity contribution in [2.24, 2.45) is 0 Å². The Kier molecular flexibility index (Phi) is 5.95. The maximum Gasteiger partial charge on any atom is 0.389 e. The molecule has 0 unspecified atom stereocenters. The van der Waals surface area contributed by atoms with Gasteiger partial charge in [0, 0.05) is 70.7 Å². The van der Waals surface area contributed by atoms with Crippen LogP contribution in [0.3, 0.4) is 0 Å². The summed E-state index contributed by atoms with van der Waals surface area (Å²) in [5, 5.41) is 9.12. The normalized spacial score (nSPS) is 15.1. The number of halogens is 4. The summed E-state index contributed by atoms with van der Waals surface area (Å²) in [5.74, 6) is -0.147. The van der Waals surface area contributed by atoms with Crippen molar-refractivity contribution < 1.29 is 22.3 Å². The summed E-state index contributed by atoms with van der Waals surface area (Å²) in [6, 6.07) is 14.1. The number of fused-ring (bicyclic) bond motifs is 2. The van der Waals surface area contributed by atoms with E-state index in [9.17, 15) is 17.6 Å². The third-order valence-electron chi connectivity index (χ3n) is 7.03. The van der Waals surface area contributed by atoms with Gasteiger partial charge in [-0.25, -0.2) is 4.39 Å². The largest absolute Gasteiger partial charge is 0.389 e. The van der Waals surface area contributed by atoms with Gasteiger partial charge in [0.15, 0.2) is 0 Å². The maximum absolute atomic E-state index is 13.9. The van der Waals surface area contributed by atoms with Crippen LogP contribution in [0.15, 0.2) is 60.9 Å². The van der Waals surface area contributed by atoms with E-state index in [4.69, 9.17) is 4.74 Å². The number of benzene rings is 2. The van der Waals surface area contributed by atoms with Gasteiger partial charge in [-0.1, -0.05) is 6.07 Å². The Morgan fingerprint density at radius 1 is 1.00 bits per heavy atom. The highest BCUT2D eigenvalue weighted by Gasteiger charge is 2.29. The summed E-state index contributed by atoms with van der Waals surface area (Å²) >= 11 is 0. The fourth-order valence-electron chi connectivity index (χ4n) is 5.26. The number of ether oxygens (including phenoxy) is 1. The van der Waals surface area contributed by atoms with Crippen molar-refractivity contribution in [1.29, 1.82) is 0 Å². The van der Waals surface area contributed by atoms with Crippen LogP contribution in [0.5, 0.6) is 0 Å². The summed E-state index contributed by atoms with van der Waals surface area (Å²) < 4.78 is 59.9. The van der Waals surface area contributed by atoms with Gasteiger partial charge in [0.2, 0.25) is 0 Å². The van der Waals surface area contributed by atoms with Crippen LogP contribution in [-0.2, 0) is 11.2 Å². The Labute approximate surface area is 210 Å². The first-order valence-corrected chi connectivity index (χ1v) is 12.2. The number of nitrogens with zero attached hydrogens (tertiary/aromatic N) is 3. The van der Waals surface area contributed by atoms with Gasteiger partial charge < -0.3 is 9.30 Å². The minimum Gasteiger partial charge on any atom is -0.381 e. The Balaban J connectivity index is 1.59. The lowest BCUT2D eigenvalue weighted by atomic mass is 9.90. The highest BCUT2D eigenvalue weighted by Crippen LogP contribution is 2.44. The predicted molar refractivity (Wildman–Crippen MR) is 133 cm³/mol. The smallest absolute Gasteiger partial charge is 0.381 e. The number of hydrogen-bond acceptors (Lipinski definition) is 3. The van der Waals surface area contributed by atoms with E-state index in [1.165, 1.54) is 12.1 Å². The summed E-state index contributed by atoms with van der Waals surface area (Å²) in [5.41, 5.74) is 5.90. The fourth-order valence-corrected chi connectivity index (χ4v) is 5.26. The quantitative estimate of drug-likeness (QED) is 0.258. The molecule has 5 aromatic rings. The molecule has 37 heavy (non-hydrogen) atoms. The monoisotopic (exact) mass is 508 g/mol. The van der Waals surface area contributed by atoms with Crippen LogP contribution in [0.1, 0.15) is 36.6 Å². The molecular weight excluding hydrogens is 484 g/mol. The Hall–Kier alpha value is -3.72. The molecule has 0 saturated carbocycles. The van der Waals surface area contributed by atoms with Gasteiger partial charge in [-0.15, -0.1) is 0 Å². The van der Waals surface area contributed by atoms with Crippen LogP contribution in [0.2, 0.25) is 0 Å². The average molecular weight is 509 g/mol. The van der Waals surface area contributed by atoms with Crippen LogP contribution >= 0.6 is 0 Å². The van der Waals surface area contributed by atoms with Crippen molar-refractivity contribution >= 4 is 21.8 Å². The minimum atomic E-state index is -4.23. The van der Waals surface area contributed by atoms with Gasteiger partial charge in [-0.2, -0.15) is 18.3 Å². The topological polar surface area (TPSA) is 55.7 Å². The number of aryl methyl sites for hydroxylation is 1. The van der Waals surface area contributed by atoms with Crippen molar-refractivity contribution in [2.75, 3.05) is 13.2 Å². The van der Waals surface area contributed by atoms with Crippen LogP contribution < -0.4 is 0 Å². The highest BCUT2D eigenvalue weighted by atomic mass is 19.4. The van der Waals surface area contributed by atoms with Gasteiger partial charge in [-0.05, 0) is 61.7 Å². The average Bonchev–Trinajstić information content (AvgIpc) is 3.49. The second-order valence-electron chi connectivity index (χ2n) is 9.44. The standard InChI is InChI=1S/C28H24F4N4O/c29-20-2-5-22(6-3-20)36-25-13-19-16-34-35-24(19)14-23(25)26(27(36)17-8-11-37-12-9-17)18-1-4-21(33-15-18)7-10-28(30,31)32/h1-6,13-17H,7-12H2,(H,34,35). The fraction of sp³-hybridized carbons (Fsp3) is 0.286. The molecule has 5 nitrogen and oxygen atoms in total. The number of aromatic nitrogens is 4. The van der Waals surface area contributed by atoms with E-state index in [0.29, 0.717) is 18.9 Å². The zero-order valence-corrected chi connectivity index (χ0v) is 19.9. The Morgan fingerprint density at radius 3 is 2.49 bits per heavy atom. The lowest BCUT2D eigenvalue weighted by molar-refractivity contribution is -0.134. The molecule has 4 heterocycles. The van der Waals surface area contributed by atoms with E-state index in [0.717, 1.165) is 57.2 Å². The molecule has 190 valence electrons. The Morgan fingerprint density at radius 2 is 1.78 bits per heavy atom. The molecule has 0 atom stereocenters. The van der Waals surface area contributed by atoms with Gasteiger partial charge >= 0.3 is 6.18 Å². The van der Waals surface area contributed by atoms with E-state index in [2.05, 4.69) is 25.8 Å². The number of rotatable bonds is 5. The predicted octanol–water partition coefficient (Wildman–Crippen LogP) is 7.10. The number of H-pyrrole nitrogens is 1. The molecule has 0 aliphatic carbocycles. The summed E-state index contributed by atoms with van der Waals surface area (Å²) in [6.45, 7) is 1.27. The van der Waals surface area contributed by atoms with Gasteiger partial charge in [0.1, 0.15) is 5.82 Å². The van der Waals surface area contributed by atoms with E-state index in [1.54, 1.807) is 30.6 Å². The zero-order chi connectivity index (χ0) is 25.6. The molecule has 1 fully saturated rings. The third-order valence-corrected chi connectivity index (χ3v) is 7.03. The second-order valence-corrected chi connectivity index (χ2v) is 9.44. The molecule has 0 spiro atoms. The van der Waals surface area contributed by atoms with Crippen molar-refractivity contribution in [1.82, 2.24) is 19.7 Å². The van der Waals surface area contributed by atoms with Crippen LogP contribution in [0, 0.1) is 5.82 Å². The minimum absolute atomic E-state index is 0.164. The van der Waals surface area contributed by atoms with Gasteiger partial charge in [-0.3, -0.25) is 10.1 Å². The number of hydrogen-bond donors (Lipinski definition) is 1. The Bertz CT molecular complexity index is 1550. The first kappa shape index (κ1) is 23.7. The van der Waals surface area contributed by atoms with E-state index in [1.807, 2.05) is 12.1 Å². The summed E-state index contributed by atoms with van der Waals surface area (Å²) in [7, 11) is 0. The number of pyridine rings is 1. The molecule has 1 aliphatic rings. The number of alkyl halides is 3. The molecular formula is C28H24F4N4O. The van der Waals surface area contributed by atoms with Crippen molar-refractivity contribution in [3.8, 4) is 16.8 Å². The second kappa shape index (κ2) is 9.30. The number of nitrogens with one attached hydrogen (secondary N) is 1. The summed E-state index contributed by atoms with van der Waals surface area (Å²) in [6.07, 6.45) is -0.231. The molecule has 1 saturated heterocycles. The van der Waals surface area contributed by atoms with Gasteiger partial charge in [0.25, 0.3) is 0 Å². The molecule has 1 N–H and O–H groups in total. The summed E-state index contributed by atoms with van der Waals surface area (Å²) in [4.78, 5) is 4.39.